The minimum absolute atomic E-state index is 0.00890. The number of carbonyl (C=O) groups is 1. The van der Waals surface area contributed by atoms with E-state index in [-0.39, 0.29) is 11.9 Å². The summed E-state index contributed by atoms with van der Waals surface area (Å²) in [7, 11) is 0. The van der Waals surface area contributed by atoms with E-state index in [9.17, 15) is 4.79 Å². The van der Waals surface area contributed by atoms with Crippen LogP contribution in [-0.2, 0) is 10.5 Å². The monoisotopic (exact) mass is 334 g/mol. The molecule has 1 aromatic carbocycles. The minimum atomic E-state index is -0.0883. The quantitative estimate of drug-likeness (QED) is 0.862. The van der Waals surface area contributed by atoms with Crippen molar-refractivity contribution in [2.24, 2.45) is 0 Å². The summed E-state index contributed by atoms with van der Waals surface area (Å²) in [5.41, 5.74) is 3.04. The first-order valence-corrected chi connectivity index (χ1v) is 8.63. The average Bonchev–Trinajstić information content (AvgIpc) is 2.49. The first kappa shape index (κ1) is 16.8. The molecule has 1 N–H and O–H groups in total. The summed E-state index contributed by atoms with van der Waals surface area (Å²) in [6, 6.07) is 11.5. The van der Waals surface area contributed by atoms with Crippen molar-refractivity contribution in [3.05, 3.63) is 64.4 Å². The molecule has 22 heavy (non-hydrogen) atoms. The van der Waals surface area contributed by atoms with E-state index in [4.69, 9.17) is 11.6 Å². The molecule has 1 heterocycles. The highest BCUT2D eigenvalue weighted by atomic mass is 35.5. The Labute approximate surface area is 140 Å². The second-order valence-corrected chi connectivity index (χ2v) is 6.47. The molecule has 2 aromatic rings. The largest absolute Gasteiger partial charge is 0.347 e. The third kappa shape index (κ3) is 4.75. The molecule has 0 radical (unpaired) electrons. The highest BCUT2D eigenvalue weighted by molar-refractivity contribution is 7.99. The van der Waals surface area contributed by atoms with Crippen LogP contribution in [0.15, 0.2) is 42.6 Å². The molecule has 0 aliphatic heterocycles. The molecule has 1 amide bonds. The average molecular weight is 335 g/mol. The summed E-state index contributed by atoms with van der Waals surface area (Å²) in [5.74, 6) is 1.14. The fraction of sp³-hybridized carbons (Fsp3) is 0.294. The molecule has 3 nitrogen and oxygen atoms in total. The van der Waals surface area contributed by atoms with Crippen molar-refractivity contribution in [3.8, 4) is 0 Å². The van der Waals surface area contributed by atoms with Crippen molar-refractivity contribution in [2.75, 3.05) is 5.75 Å². The molecular weight excluding hydrogens is 316 g/mol. The third-order valence-corrected chi connectivity index (χ3v) is 4.64. The maximum atomic E-state index is 12.0. The molecule has 116 valence electrons. The van der Waals surface area contributed by atoms with Crippen molar-refractivity contribution >= 4 is 29.3 Å². The fourth-order valence-corrected chi connectivity index (χ4v) is 3.30. The maximum Gasteiger partial charge on any atom is 0.230 e. The van der Waals surface area contributed by atoms with Gasteiger partial charge in [0.25, 0.3) is 0 Å². The number of nitrogens with zero attached hydrogens (tertiary/aromatic N) is 1. The van der Waals surface area contributed by atoms with Crippen LogP contribution < -0.4 is 5.32 Å². The zero-order chi connectivity index (χ0) is 15.9. The van der Waals surface area contributed by atoms with Gasteiger partial charge in [-0.05, 0) is 37.1 Å². The van der Waals surface area contributed by atoms with Crippen LogP contribution in [0, 0.1) is 6.92 Å². The van der Waals surface area contributed by atoms with Crippen LogP contribution >= 0.6 is 23.4 Å². The summed E-state index contributed by atoms with van der Waals surface area (Å²) in [6.45, 7) is 3.95. The van der Waals surface area contributed by atoms with Crippen LogP contribution in [0.2, 0.25) is 5.02 Å². The Kier molecular flexibility index (Phi) is 6.28. The molecule has 0 unspecified atom stereocenters. The van der Waals surface area contributed by atoms with Crippen LogP contribution in [0.25, 0.3) is 0 Å². The number of aryl methyl sites for hydroxylation is 1. The lowest BCUT2D eigenvalue weighted by Crippen LogP contribution is -2.29. The number of nitrogens with one attached hydrogen (secondary N) is 1. The van der Waals surface area contributed by atoms with Crippen molar-refractivity contribution in [1.82, 2.24) is 10.3 Å². The van der Waals surface area contributed by atoms with Gasteiger partial charge in [0.1, 0.15) is 0 Å². The fourth-order valence-electron chi connectivity index (χ4n) is 2.17. The lowest BCUT2D eigenvalue weighted by atomic mass is 10.1. The van der Waals surface area contributed by atoms with Gasteiger partial charge in [-0.3, -0.25) is 9.78 Å². The van der Waals surface area contributed by atoms with Gasteiger partial charge in [-0.1, -0.05) is 35.9 Å². The number of halogens is 1. The lowest BCUT2D eigenvalue weighted by molar-refractivity contribution is -0.119. The van der Waals surface area contributed by atoms with Crippen LogP contribution in [0.5, 0.6) is 0 Å². The number of amides is 1. The maximum absolute atomic E-state index is 12.0. The summed E-state index contributed by atoms with van der Waals surface area (Å²) in [6.07, 6.45) is 1.75. The van der Waals surface area contributed by atoms with E-state index >= 15 is 0 Å². The highest BCUT2D eigenvalue weighted by Crippen LogP contribution is 2.21. The molecule has 1 aromatic heterocycles. The van der Waals surface area contributed by atoms with E-state index in [2.05, 4.69) is 10.3 Å². The first-order valence-electron chi connectivity index (χ1n) is 7.10. The van der Waals surface area contributed by atoms with E-state index in [0.29, 0.717) is 5.75 Å². The number of hydrogen-bond acceptors (Lipinski definition) is 3. The van der Waals surface area contributed by atoms with Gasteiger partial charge in [-0.25, -0.2) is 0 Å². The predicted octanol–water partition coefficient (Wildman–Crippen LogP) is 4.15. The second-order valence-electron chi connectivity index (χ2n) is 5.08. The molecule has 0 bridgehead atoms. The molecule has 1 atom stereocenters. The van der Waals surface area contributed by atoms with Gasteiger partial charge in [0.2, 0.25) is 5.91 Å². The van der Waals surface area contributed by atoms with Crippen molar-refractivity contribution < 1.29 is 4.79 Å². The number of rotatable bonds is 6. The number of carbonyl (C=O) groups excluding carboxylic acids is 1. The zero-order valence-electron chi connectivity index (χ0n) is 12.7. The van der Waals surface area contributed by atoms with Gasteiger partial charge in [0.05, 0.1) is 17.5 Å². The SMILES string of the molecule is Cc1cccnc1[C@H](C)NC(=O)CSCc1ccccc1Cl. The Balaban J connectivity index is 1.81. The van der Waals surface area contributed by atoms with Gasteiger partial charge in [-0.2, -0.15) is 0 Å². The van der Waals surface area contributed by atoms with Crippen LogP contribution in [-0.4, -0.2) is 16.6 Å². The van der Waals surface area contributed by atoms with Gasteiger partial charge >= 0.3 is 0 Å². The van der Waals surface area contributed by atoms with Crippen molar-refractivity contribution in [1.29, 1.82) is 0 Å². The van der Waals surface area contributed by atoms with Gasteiger partial charge in [0.15, 0.2) is 0 Å². The molecule has 0 spiro atoms. The summed E-state index contributed by atoms with van der Waals surface area (Å²) < 4.78 is 0. The highest BCUT2D eigenvalue weighted by Gasteiger charge is 2.12. The van der Waals surface area contributed by atoms with Gasteiger partial charge < -0.3 is 5.32 Å². The van der Waals surface area contributed by atoms with E-state index in [1.807, 2.05) is 50.2 Å². The number of aromatic nitrogens is 1. The number of benzene rings is 1. The minimum Gasteiger partial charge on any atom is -0.347 e. The predicted molar refractivity (Wildman–Crippen MR) is 93.1 cm³/mol. The van der Waals surface area contributed by atoms with Crippen LogP contribution in [0.3, 0.4) is 0 Å². The topological polar surface area (TPSA) is 42.0 Å². The van der Waals surface area contributed by atoms with E-state index in [1.54, 1.807) is 18.0 Å². The lowest BCUT2D eigenvalue weighted by Gasteiger charge is -2.15. The zero-order valence-corrected chi connectivity index (χ0v) is 14.2. The standard InChI is InChI=1S/C17H19ClN2OS/c1-12-6-5-9-19-17(12)13(2)20-16(21)11-22-10-14-7-3-4-8-15(14)18/h3-9,13H,10-11H2,1-2H3,(H,20,21)/t13-/m0/s1. The third-order valence-electron chi connectivity index (χ3n) is 3.29. The normalized spacial score (nSPS) is 12.0. The van der Waals surface area contributed by atoms with Crippen LogP contribution in [0.1, 0.15) is 29.8 Å². The Hall–Kier alpha value is -1.52. The molecule has 2 rings (SSSR count). The van der Waals surface area contributed by atoms with E-state index in [0.717, 1.165) is 27.6 Å². The van der Waals surface area contributed by atoms with E-state index in [1.165, 1.54) is 0 Å². The van der Waals surface area contributed by atoms with Crippen molar-refractivity contribution in [2.45, 2.75) is 25.6 Å². The Morgan fingerprint density at radius 1 is 1.32 bits per heavy atom. The Morgan fingerprint density at radius 3 is 2.82 bits per heavy atom. The molecule has 5 heteroatoms. The van der Waals surface area contributed by atoms with Gasteiger partial charge in [-0.15, -0.1) is 11.8 Å². The number of thioether (sulfide) groups is 1. The number of hydrogen-bond donors (Lipinski definition) is 1. The molecule has 0 saturated heterocycles. The van der Waals surface area contributed by atoms with E-state index < -0.39 is 0 Å². The molecule has 0 aliphatic rings. The Morgan fingerprint density at radius 2 is 2.09 bits per heavy atom. The molecule has 0 saturated carbocycles. The van der Waals surface area contributed by atoms with Gasteiger partial charge in [0, 0.05) is 17.0 Å². The molecule has 0 aliphatic carbocycles. The Bertz CT molecular complexity index is 648. The summed E-state index contributed by atoms with van der Waals surface area (Å²) >= 11 is 7.65. The van der Waals surface area contributed by atoms with Crippen molar-refractivity contribution in [3.63, 3.8) is 0 Å². The summed E-state index contributed by atoms with van der Waals surface area (Å²) in [4.78, 5) is 16.4. The smallest absolute Gasteiger partial charge is 0.230 e. The molecular formula is C17H19ClN2OS. The summed E-state index contributed by atoms with van der Waals surface area (Å²) in [5, 5.41) is 3.73. The van der Waals surface area contributed by atoms with Crippen LogP contribution in [0.4, 0.5) is 0 Å². The number of pyridine rings is 1. The second kappa shape index (κ2) is 8.20. The molecule has 0 fully saturated rings. The first-order chi connectivity index (χ1) is 10.6.